The molecule has 0 aliphatic heterocycles. The normalized spacial score (nSPS) is 15.3. The van der Waals surface area contributed by atoms with Crippen molar-refractivity contribution < 1.29 is 9.18 Å². The molecule has 7 heteroatoms. The fraction of sp³-hybridized carbons (Fsp3) is 0.333. The fourth-order valence-corrected chi connectivity index (χ4v) is 3.69. The zero-order valence-corrected chi connectivity index (χ0v) is 15.5. The van der Waals surface area contributed by atoms with E-state index < -0.39 is 5.82 Å². The number of nitrogens with zero attached hydrogens (tertiary/aromatic N) is 3. The van der Waals surface area contributed by atoms with E-state index in [2.05, 4.69) is 20.3 Å². The number of hydrogen-bond acceptors (Lipinski definition) is 5. The van der Waals surface area contributed by atoms with Gasteiger partial charge in [0, 0.05) is 35.5 Å². The van der Waals surface area contributed by atoms with Gasteiger partial charge in [0.1, 0.15) is 5.82 Å². The minimum atomic E-state index is -0.402. The molecule has 0 saturated heterocycles. The maximum atomic E-state index is 13.8. The molecule has 1 aliphatic carbocycles. The van der Waals surface area contributed by atoms with Gasteiger partial charge in [0.05, 0.1) is 16.8 Å². The Morgan fingerprint density at radius 1 is 1.07 bits per heavy atom. The Morgan fingerprint density at radius 3 is 2.50 bits per heavy atom. The molecule has 3 aromatic rings. The van der Waals surface area contributed by atoms with Crippen molar-refractivity contribution in [2.24, 2.45) is 0 Å². The van der Waals surface area contributed by atoms with Crippen LogP contribution in [0.5, 0.6) is 0 Å². The molecule has 0 atom stereocenters. The van der Waals surface area contributed by atoms with Crippen LogP contribution < -0.4 is 11.1 Å². The summed E-state index contributed by atoms with van der Waals surface area (Å²) in [6, 6.07) is 6.16. The molecule has 1 aromatic carbocycles. The summed E-state index contributed by atoms with van der Waals surface area (Å²) in [5.74, 6) is -0.411. The average molecular weight is 379 g/mol. The number of hydrogen-bond donors (Lipinski definition) is 2. The quantitative estimate of drug-likeness (QED) is 0.674. The number of pyridine rings is 1. The van der Waals surface area contributed by atoms with E-state index in [9.17, 15) is 9.18 Å². The van der Waals surface area contributed by atoms with Crippen LogP contribution in [-0.2, 0) is 0 Å². The molecule has 0 bridgehead atoms. The molecule has 4 rings (SSSR count). The number of anilines is 1. The lowest BCUT2D eigenvalue weighted by Gasteiger charge is -2.17. The molecule has 3 N–H and O–H groups in total. The van der Waals surface area contributed by atoms with Crippen LogP contribution in [-0.4, -0.2) is 26.9 Å². The second-order valence-corrected chi connectivity index (χ2v) is 7.21. The molecule has 6 nitrogen and oxygen atoms in total. The van der Waals surface area contributed by atoms with Crippen molar-refractivity contribution in [2.75, 3.05) is 5.73 Å². The summed E-state index contributed by atoms with van der Waals surface area (Å²) >= 11 is 0. The number of nitrogens with one attached hydrogen (secondary N) is 1. The van der Waals surface area contributed by atoms with Gasteiger partial charge >= 0.3 is 0 Å². The SMILES string of the molecule is Nc1ncc(-c2cc(C(=O)NC3CCCCCC3)c3ccc(F)cc3n2)cn1. The molecule has 2 heterocycles. The summed E-state index contributed by atoms with van der Waals surface area (Å²) in [5.41, 5.74) is 7.56. The second kappa shape index (κ2) is 7.88. The summed E-state index contributed by atoms with van der Waals surface area (Å²) in [5, 5.41) is 3.78. The van der Waals surface area contributed by atoms with Crippen LogP contribution in [0.25, 0.3) is 22.2 Å². The Bertz CT molecular complexity index is 998. The van der Waals surface area contributed by atoms with Crippen molar-refractivity contribution in [3.8, 4) is 11.3 Å². The second-order valence-electron chi connectivity index (χ2n) is 7.21. The third-order valence-electron chi connectivity index (χ3n) is 5.17. The Balaban J connectivity index is 1.74. The van der Waals surface area contributed by atoms with Crippen LogP contribution in [0.4, 0.5) is 10.3 Å². The standard InChI is InChI=1S/C21H22FN5O/c22-14-7-8-16-17(20(28)26-15-5-3-1-2-4-6-15)10-18(27-19(16)9-14)13-11-24-21(23)25-12-13/h7-12,15H,1-6H2,(H,26,28)(H2,23,24,25). The molecule has 2 aromatic heterocycles. The molecule has 0 radical (unpaired) electrons. The molecule has 144 valence electrons. The summed E-state index contributed by atoms with van der Waals surface area (Å²) in [4.78, 5) is 25.5. The highest BCUT2D eigenvalue weighted by atomic mass is 19.1. The number of halogens is 1. The van der Waals surface area contributed by atoms with Crippen LogP contribution in [0.1, 0.15) is 48.9 Å². The van der Waals surface area contributed by atoms with E-state index in [1.54, 1.807) is 24.5 Å². The van der Waals surface area contributed by atoms with Crippen LogP contribution in [0, 0.1) is 5.82 Å². The summed E-state index contributed by atoms with van der Waals surface area (Å²) in [7, 11) is 0. The van der Waals surface area contributed by atoms with Crippen molar-refractivity contribution in [1.29, 1.82) is 0 Å². The highest BCUT2D eigenvalue weighted by Crippen LogP contribution is 2.26. The monoisotopic (exact) mass is 379 g/mol. The fourth-order valence-electron chi connectivity index (χ4n) is 3.69. The largest absolute Gasteiger partial charge is 0.368 e. The highest BCUT2D eigenvalue weighted by Gasteiger charge is 2.19. The van der Waals surface area contributed by atoms with Crippen LogP contribution in [0.3, 0.4) is 0 Å². The van der Waals surface area contributed by atoms with Gasteiger partial charge in [-0.25, -0.2) is 19.3 Å². The lowest BCUT2D eigenvalue weighted by atomic mass is 10.0. The zero-order chi connectivity index (χ0) is 19.5. The van der Waals surface area contributed by atoms with Gasteiger partial charge in [-0.15, -0.1) is 0 Å². The number of carbonyl (C=O) groups excluding carboxylic acids is 1. The van der Waals surface area contributed by atoms with Crippen molar-refractivity contribution in [2.45, 2.75) is 44.6 Å². The van der Waals surface area contributed by atoms with Gasteiger partial charge in [0.15, 0.2) is 0 Å². The zero-order valence-electron chi connectivity index (χ0n) is 15.5. The maximum absolute atomic E-state index is 13.8. The van der Waals surface area contributed by atoms with E-state index in [-0.39, 0.29) is 17.9 Å². The maximum Gasteiger partial charge on any atom is 0.252 e. The number of aromatic nitrogens is 3. The average Bonchev–Trinajstić information content (AvgIpc) is 2.96. The van der Waals surface area contributed by atoms with Gasteiger partial charge < -0.3 is 11.1 Å². The number of fused-ring (bicyclic) bond motifs is 1. The predicted octanol–water partition coefficient (Wildman–Crippen LogP) is 3.87. The van der Waals surface area contributed by atoms with Gasteiger partial charge in [0.25, 0.3) is 5.91 Å². The first-order chi connectivity index (χ1) is 13.6. The first-order valence-electron chi connectivity index (χ1n) is 9.59. The van der Waals surface area contributed by atoms with Crippen molar-refractivity contribution in [3.63, 3.8) is 0 Å². The lowest BCUT2D eigenvalue weighted by Crippen LogP contribution is -2.34. The van der Waals surface area contributed by atoms with Gasteiger partial charge in [-0.3, -0.25) is 4.79 Å². The number of benzene rings is 1. The minimum Gasteiger partial charge on any atom is -0.368 e. The molecule has 28 heavy (non-hydrogen) atoms. The predicted molar refractivity (Wildman–Crippen MR) is 106 cm³/mol. The third-order valence-corrected chi connectivity index (χ3v) is 5.17. The topological polar surface area (TPSA) is 93.8 Å². The van der Waals surface area contributed by atoms with Crippen LogP contribution >= 0.6 is 0 Å². The van der Waals surface area contributed by atoms with Crippen LogP contribution in [0.2, 0.25) is 0 Å². The molecular formula is C21H22FN5O. The first kappa shape index (κ1) is 18.3. The van der Waals surface area contributed by atoms with Gasteiger partial charge in [0.2, 0.25) is 5.95 Å². The van der Waals surface area contributed by atoms with E-state index in [4.69, 9.17) is 5.73 Å². The molecule has 1 amide bonds. The van der Waals surface area contributed by atoms with Gasteiger partial charge in [-0.05, 0) is 31.0 Å². The molecule has 1 saturated carbocycles. The molecule has 1 fully saturated rings. The molecular weight excluding hydrogens is 357 g/mol. The summed E-state index contributed by atoms with van der Waals surface area (Å²) < 4.78 is 13.8. The van der Waals surface area contributed by atoms with Gasteiger partial charge in [-0.2, -0.15) is 0 Å². The molecule has 0 unspecified atom stereocenters. The molecule has 0 spiro atoms. The van der Waals surface area contributed by atoms with Crippen molar-refractivity contribution in [1.82, 2.24) is 20.3 Å². The number of nitrogens with two attached hydrogens (primary N) is 1. The Morgan fingerprint density at radius 2 is 1.79 bits per heavy atom. The van der Waals surface area contributed by atoms with Crippen molar-refractivity contribution >= 4 is 22.8 Å². The lowest BCUT2D eigenvalue weighted by molar-refractivity contribution is 0.0935. The number of amides is 1. The smallest absolute Gasteiger partial charge is 0.252 e. The van der Waals surface area contributed by atoms with Crippen LogP contribution in [0.15, 0.2) is 36.7 Å². The van der Waals surface area contributed by atoms with E-state index in [0.717, 1.165) is 25.7 Å². The minimum absolute atomic E-state index is 0.155. The number of nitrogen functional groups attached to an aromatic ring is 1. The summed E-state index contributed by atoms with van der Waals surface area (Å²) in [6.07, 6.45) is 9.74. The van der Waals surface area contributed by atoms with Crippen molar-refractivity contribution in [3.05, 3.63) is 48.0 Å². The highest BCUT2D eigenvalue weighted by molar-refractivity contribution is 6.07. The van der Waals surface area contributed by atoms with E-state index in [0.29, 0.717) is 27.7 Å². The number of rotatable bonds is 3. The third kappa shape index (κ3) is 3.93. The summed E-state index contributed by atoms with van der Waals surface area (Å²) in [6.45, 7) is 0. The van der Waals surface area contributed by atoms with E-state index in [1.807, 2.05) is 0 Å². The first-order valence-corrected chi connectivity index (χ1v) is 9.59. The Labute approximate surface area is 162 Å². The Hall–Kier alpha value is -3.09. The molecule has 1 aliphatic rings. The van der Waals surface area contributed by atoms with Gasteiger partial charge in [-0.1, -0.05) is 25.7 Å². The van der Waals surface area contributed by atoms with E-state index >= 15 is 0 Å². The Kier molecular flexibility index (Phi) is 5.14. The number of carbonyl (C=O) groups is 1. The van der Waals surface area contributed by atoms with E-state index in [1.165, 1.54) is 25.0 Å².